The second-order valence-corrected chi connectivity index (χ2v) is 9.63. The summed E-state index contributed by atoms with van der Waals surface area (Å²) in [6.07, 6.45) is 0. The number of methoxy groups -OCH3 is 1. The van der Waals surface area contributed by atoms with Crippen molar-refractivity contribution in [3.8, 4) is 17.1 Å². The van der Waals surface area contributed by atoms with Gasteiger partial charge in [0, 0.05) is 18.7 Å². The zero-order chi connectivity index (χ0) is 25.2. The normalized spacial score (nSPS) is 11.5. The minimum absolute atomic E-state index is 0.0368. The molecule has 0 aliphatic heterocycles. The molecule has 0 spiro atoms. The number of aromatic amines is 1. The smallest absolute Gasteiger partial charge is 0.255 e. The van der Waals surface area contributed by atoms with Crippen LogP contribution in [0, 0.1) is 0 Å². The maximum atomic E-state index is 13.2. The van der Waals surface area contributed by atoms with Crippen molar-refractivity contribution in [2.24, 2.45) is 0 Å². The molecule has 0 saturated carbocycles. The molecule has 0 radical (unpaired) electrons. The van der Waals surface area contributed by atoms with Crippen LogP contribution < -0.4 is 15.0 Å². The standard InChI is InChI=1S/C29H34N4O2/c1-7-33(8-2)25-18-23-22(30-27(31-23)21-11-9-10-12-26(21)35-6)17-24(25)32-28(34)19-13-15-20(16-14-19)29(3,4)5/h9-18H,7-8H2,1-6H3,(H,30,31)(H,32,34). The maximum Gasteiger partial charge on any atom is 0.255 e. The van der Waals surface area contributed by atoms with Crippen LogP contribution in [0.2, 0.25) is 0 Å². The molecule has 1 aromatic heterocycles. The summed E-state index contributed by atoms with van der Waals surface area (Å²) < 4.78 is 5.52. The highest BCUT2D eigenvalue weighted by atomic mass is 16.5. The highest BCUT2D eigenvalue weighted by Crippen LogP contribution is 2.34. The van der Waals surface area contributed by atoms with Gasteiger partial charge in [0.25, 0.3) is 5.91 Å². The number of nitrogens with zero attached hydrogens (tertiary/aromatic N) is 2. The Hall–Kier alpha value is -3.80. The number of fused-ring (bicyclic) bond motifs is 1. The fourth-order valence-electron chi connectivity index (χ4n) is 4.26. The summed E-state index contributed by atoms with van der Waals surface area (Å²) in [4.78, 5) is 23.7. The lowest BCUT2D eigenvalue weighted by molar-refractivity contribution is 0.102. The first-order chi connectivity index (χ1) is 16.7. The Morgan fingerprint density at radius 1 is 1.03 bits per heavy atom. The number of anilines is 2. The molecular weight excluding hydrogens is 436 g/mol. The lowest BCUT2D eigenvalue weighted by Gasteiger charge is -2.24. The third-order valence-corrected chi connectivity index (χ3v) is 6.33. The van der Waals surface area contributed by atoms with Crippen molar-refractivity contribution >= 4 is 28.3 Å². The van der Waals surface area contributed by atoms with Crippen LogP contribution in [-0.2, 0) is 5.41 Å². The predicted molar refractivity (Wildman–Crippen MR) is 145 cm³/mol. The lowest BCUT2D eigenvalue weighted by Crippen LogP contribution is -2.24. The lowest BCUT2D eigenvalue weighted by atomic mass is 9.87. The Balaban J connectivity index is 1.74. The zero-order valence-corrected chi connectivity index (χ0v) is 21.4. The number of para-hydroxylation sites is 1. The maximum absolute atomic E-state index is 13.2. The van der Waals surface area contributed by atoms with Gasteiger partial charge in [-0.15, -0.1) is 0 Å². The first-order valence-electron chi connectivity index (χ1n) is 12.1. The van der Waals surface area contributed by atoms with E-state index in [0.29, 0.717) is 5.56 Å². The highest BCUT2D eigenvalue weighted by Gasteiger charge is 2.18. The van der Waals surface area contributed by atoms with Gasteiger partial charge in [0.2, 0.25) is 0 Å². The molecule has 4 rings (SSSR count). The fourth-order valence-corrected chi connectivity index (χ4v) is 4.26. The van der Waals surface area contributed by atoms with Crippen LogP contribution in [0.3, 0.4) is 0 Å². The average Bonchev–Trinajstić information content (AvgIpc) is 3.27. The van der Waals surface area contributed by atoms with E-state index in [9.17, 15) is 4.79 Å². The number of carbonyl (C=O) groups is 1. The van der Waals surface area contributed by atoms with Crippen molar-refractivity contribution in [2.45, 2.75) is 40.0 Å². The van der Waals surface area contributed by atoms with Crippen LogP contribution in [0.25, 0.3) is 22.4 Å². The number of ether oxygens (including phenoxy) is 1. The largest absolute Gasteiger partial charge is 0.496 e. The number of carbonyl (C=O) groups excluding carboxylic acids is 1. The molecule has 3 aromatic carbocycles. The first-order valence-corrected chi connectivity index (χ1v) is 12.1. The molecule has 0 bridgehead atoms. The fraction of sp³-hybridized carbons (Fsp3) is 0.310. The number of hydrogen-bond donors (Lipinski definition) is 2. The monoisotopic (exact) mass is 470 g/mol. The van der Waals surface area contributed by atoms with Gasteiger partial charge in [-0.25, -0.2) is 4.98 Å². The highest BCUT2D eigenvalue weighted by molar-refractivity contribution is 6.07. The van der Waals surface area contributed by atoms with E-state index in [2.05, 4.69) is 55.9 Å². The van der Waals surface area contributed by atoms with Gasteiger partial charge in [-0.1, -0.05) is 45.0 Å². The van der Waals surface area contributed by atoms with Crippen molar-refractivity contribution < 1.29 is 9.53 Å². The summed E-state index contributed by atoms with van der Waals surface area (Å²) in [7, 11) is 1.65. The second-order valence-electron chi connectivity index (χ2n) is 9.63. The number of aromatic nitrogens is 2. The zero-order valence-electron chi connectivity index (χ0n) is 21.4. The minimum atomic E-state index is -0.140. The molecule has 2 N–H and O–H groups in total. The van der Waals surface area contributed by atoms with Crippen molar-refractivity contribution in [2.75, 3.05) is 30.4 Å². The van der Waals surface area contributed by atoms with E-state index in [4.69, 9.17) is 9.72 Å². The van der Waals surface area contributed by atoms with Gasteiger partial charge in [0.05, 0.1) is 35.1 Å². The summed E-state index contributed by atoms with van der Waals surface area (Å²) >= 11 is 0. The predicted octanol–water partition coefficient (Wildman–Crippen LogP) is 6.63. The molecule has 0 aliphatic carbocycles. The van der Waals surface area contributed by atoms with Crippen LogP contribution in [0.1, 0.15) is 50.5 Å². The van der Waals surface area contributed by atoms with E-state index in [-0.39, 0.29) is 11.3 Å². The third-order valence-electron chi connectivity index (χ3n) is 6.33. The van der Waals surface area contributed by atoms with Crippen molar-refractivity contribution in [1.29, 1.82) is 0 Å². The molecule has 182 valence electrons. The third kappa shape index (κ3) is 5.02. The Morgan fingerprint density at radius 3 is 2.34 bits per heavy atom. The van der Waals surface area contributed by atoms with Crippen LogP contribution >= 0.6 is 0 Å². The van der Waals surface area contributed by atoms with Crippen LogP contribution in [0.5, 0.6) is 5.75 Å². The molecule has 0 atom stereocenters. The molecule has 35 heavy (non-hydrogen) atoms. The van der Waals surface area contributed by atoms with E-state index in [1.165, 1.54) is 5.56 Å². The molecule has 6 nitrogen and oxygen atoms in total. The van der Waals surface area contributed by atoms with E-state index >= 15 is 0 Å². The van der Waals surface area contributed by atoms with E-state index in [0.717, 1.165) is 52.6 Å². The number of hydrogen-bond acceptors (Lipinski definition) is 4. The molecule has 0 unspecified atom stereocenters. The van der Waals surface area contributed by atoms with Crippen molar-refractivity contribution in [3.05, 3.63) is 71.8 Å². The molecule has 1 heterocycles. The molecule has 0 aliphatic rings. The van der Waals surface area contributed by atoms with E-state index < -0.39 is 0 Å². The summed E-state index contributed by atoms with van der Waals surface area (Å²) in [5, 5.41) is 3.14. The van der Waals surface area contributed by atoms with Gasteiger partial charge >= 0.3 is 0 Å². The molecular formula is C29H34N4O2. The Morgan fingerprint density at radius 2 is 1.71 bits per heavy atom. The minimum Gasteiger partial charge on any atom is -0.496 e. The SMILES string of the molecule is CCN(CC)c1cc2[nH]c(-c3ccccc3OC)nc2cc1NC(=O)c1ccc(C(C)(C)C)cc1. The average molecular weight is 471 g/mol. The number of benzene rings is 3. The molecule has 6 heteroatoms. The molecule has 1 amide bonds. The van der Waals surface area contributed by atoms with Gasteiger partial charge in [-0.2, -0.15) is 0 Å². The Bertz CT molecular complexity index is 1330. The van der Waals surface area contributed by atoms with Crippen molar-refractivity contribution in [1.82, 2.24) is 9.97 Å². The van der Waals surface area contributed by atoms with E-state index in [1.807, 2.05) is 54.6 Å². The van der Waals surface area contributed by atoms with Crippen LogP contribution in [0.15, 0.2) is 60.7 Å². The topological polar surface area (TPSA) is 70.2 Å². The number of H-pyrrole nitrogens is 1. The van der Waals surface area contributed by atoms with Gasteiger partial charge in [0.1, 0.15) is 11.6 Å². The summed E-state index contributed by atoms with van der Waals surface area (Å²) in [5.41, 5.74) is 6.12. The van der Waals surface area contributed by atoms with Gasteiger partial charge in [-0.05, 0) is 61.2 Å². The van der Waals surface area contributed by atoms with Crippen LogP contribution in [-0.4, -0.2) is 36.1 Å². The van der Waals surface area contributed by atoms with Gasteiger partial charge in [-0.3, -0.25) is 4.79 Å². The first kappa shape index (κ1) is 24.3. The summed E-state index contributed by atoms with van der Waals surface area (Å²) in [6, 6.07) is 19.6. The summed E-state index contributed by atoms with van der Waals surface area (Å²) in [5.74, 6) is 1.34. The Labute approximate surface area is 207 Å². The Kier molecular flexibility index (Phi) is 6.83. The van der Waals surface area contributed by atoms with Gasteiger partial charge < -0.3 is 19.9 Å². The number of amides is 1. The van der Waals surface area contributed by atoms with Gasteiger partial charge in [0.15, 0.2) is 0 Å². The molecule has 4 aromatic rings. The van der Waals surface area contributed by atoms with Crippen LogP contribution in [0.4, 0.5) is 11.4 Å². The number of nitrogens with one attached hydrogen (secondary N) is 2. The number of imidazole rings is 1. The van der Waals surface area contributed by atoms with Crippen molar-refractivity contribution in [3.63, 3.8) is 0 Å². The quantitative estimate of drug-likeness (QED) is 0.318. The molecule has 0 saturated heterocycles. The second kappa shape index (κ2) is 9.82. The molecule has 0 fully saturated rings. The summed E-state index contributed by atoms with van der Waals surface area (Å²) in [6.45, 7) is 12.3. The van der Waals surface area contributed by atoms with E-state index in [1.54, 1.807) is 7.11 Å². The number of rotatable bonds is 7.